The van der Waals surface area contributed by atoms with Gasteiger partial charge in [-0.2, -0.15) is 0 Å². The minimum absolute atomic E-state index is 0.00877. The van der Waals surface area contributed by atoms with Crippen LogP contribution in [-0.4, -0.2) is 30.3 Å². The summed E-state index contributed by atoms with van der Waals surface area (Å²) in [5, 5.41) is 0. The Bertz CT molecular complexity index is 245. The third-order valence-electron chi connectivity index (χ3n) is 4.64. The van der Waals surface area contributed by atoms with Crippen molar-refractivity contribution >= 4 is 6.29 Å². The quantitative estimate of drug-likeness (QED) is 0.686. The summed E-state index contributed by atoms with van der Waals surface area (Å²) in [7, 11) is 0. The number of likely N-dealkylation sites (tertiary alicyclic amines) is 1. The van der Waals surface area contributed by atoms with Crippen LogP contribution in [0.25, 0.3) is 0 Å². The first-order valence-electron chi connectivity index (χ1n) is 6.86. The van der Waals surface area contributed by atoms with Crippen molar-refractivity contribution in [2.24, 2.45) is 11.3 Å². The van der Waals surface area contributed by atoms with Gasteiger partial charge in [0.2, 0.25) is 0 Å². The standard InChI is InChI=1S/C14H25NO/c1-12-5-8-15(13(2)9-12)10-14(11-16)6-3-4-7-14/h11-13H,3-10H2,1-2H3. The van der Waals surface area contributed by atoms with Gasteiger partial charge in [-0.05, 0) is 45.1 Å². The van der Waals surface area contributed by atoms with E-state index in [2.05, 4.69) is 18.7 Å². The molecule has 16 heavy (non-hydrogen) atoms. The molecule has 0 amide bonds. The number of aldehydes is 1. The molecule has 1 saturated heterocycles. The fraction of sp³-hybridized carbons (Fsp3) is 0.929. The molecule has 0 bridgehead atoms. The van der Waals surface area contributed by atoms with Gasteiger partial charge in [0.1, 0.15) is 6.29 Å². The zero-order chi connectivity index (χ0) is 11.6. The summed E-state index contributed by atoms with van der Waals surface area (Å²) in [5.74, 6) is 0.863. The Morgan fingerprint density at radius 1 is 1.31 bits per heavy atom. The van der Waals surface area contributed by atoms with E-state index in [9.17, 15) is 4.79 Å². The van der Waals surface area contributed by atoms with Gasteiger partial charge in [0.05, 0.1) is 0 Å². The van der Waals surface area contributed by atoms with Crippen LogP contribution in [0.15, 0.2) is 0 Å². The lowest BCUT2D eigenvalue weighted by Gasteiger charge is -2.40. The monoisotopic (exact) mass is 223 g/mol. The van der Waals surface area contributed by atoms with Crippen LogP contribution >= 0.6 is 0 Å². The van der Waals surface area contributed by atoms with Crippen molar-refractivity contribution in [3.05, 3.63) is 0 Å². The van der Waals surface area contributed by atoms with E-state index < -0.39 is 0 Å². The minimum atomic E-state index is 0.00877. The van der Waals surface area contributed by atoms with Crippen molar-refractivity contribution in [3.63, 3.8) is 0 Å². The maximum absolute atomic E-state index is 11.3. The van der Waals surface area contributed by atoms with Crippen molar-refractivity contribution in [2.75, 3.05) is 13.1 Å². The molecule has 0 aromatic heterocycles. The van der Waals surface area contributed by atoms with E-state index in [1.807, 2.05) is 0 Å². The summed E-state index contributed by atoms with van der Waals surface area (Å²) in [6.07, 6.45) is 8.60. The van der Waals surface area contributed by atoms with Gasteiger partial charge < -0.3 is 4.79 Å². The number of piperidine rings is 1. The van der Waals surface area contributed by atoms with Crippen LogP contribution in [0.1, 0.15) is 52.4 Å². The van der Waals surface area contributed by atoms with Crippen molar-refractivity contribution in [1.82, 2.24) is 4.90 Å². The highest BCUT2D eigenvalue weighted by Crippen LogP contribution is 2.38. The number of rotatable bonds is 3. The average molecular weight is 223 g/mol. The normalized spacial score (nSPS) is 35.1. The van der Waals surface area contributed by atoms with Crippen LogP contribution in [-0.2, 0) is 4.79 Å². The molecule has 1 aliphatic heterocycles. The molecule has 1 heterocycles. The third kappa shape index (κ3) is 2.48. The molecule has 2 aliphatic rings. The molecular formula is C14H25NO. The number of hydrogen-bond acceptors (Lipinski definition) is 2. The number of carbonyl (C=O) groups excluding carboxylic acids is 1. The molecule has 92 valence electrons. The number of carbonyl (C=O) groups is 1. The molecule has 2 atom stereocenters. The zero-order valence-electron chi connectivity index (χ0n) is 10.7. The van der Waals surface area contributed by atoms with E-state index >= 15 is 0 Å². The summed E-state index contributed by atoms with van der Waals surface area (Å²) in [6, 6.07) is 0.668. The Morgan fingerprint density at radius 2 is 2.00 bits per heavy atom. The van der Waals surface area contributed by atoms with Gasteiger partial charge >= 0.3 is 0 Å². The summed E-state index contributed by atoms with van der Waals surface area (Å²) in [5.41, 5.74) is 0.00877. The zero-order valence-corrected chi connectivity index (χ0v) is 10.7. The Morgan fingerprint density at radius 3 is 2.56 bits per heavy atom. The highest BCUT2D eigenvalue weighted by molar-refractivity contribution is 5.60. The van der Waals surface area contributed by atoms with Crippen molar-refractivity contribution in [3.8, 4) is 0 Å². The first-order valence-corrected chi connectivity index (χ1v) is 6.86. The van der Waals surface area contributed by atoms with Crippen molar-refractivity contribution in [2.45, 2.75) is 58.4 Å². The summed E-state index contributed by atoms with van der Waals surface area (Å²) in [6.45, 7) is 6.88. The lowest BCUT2D eigenvalue weighted by molar-refractivity contribution is -0.117. The predicted molar refractivity (Wildman–Crippen MR) is 66.4 cm³/mol. The molecular weight excluding hydrogens is 198 g/mol. The number of hydrogen-bond donors (Lipinski definition) is 0. The maximum Gasteiger partial charge on any atom is 0.127 e. The van der Waals surface area contributed by atoms with E-state index in [0.717, 1.165) is 25.3 Å². The molecule has 0 aromatic carbocycles. The van der Waals surface area contributed by atoms with Gasteiger partial charge in [-0.3, -0.25) is 4.90 Å². The minimum Gasteiger partial charge on any atom is -0.303 e. The van der Waals surface area contributed by atoms with Gasteiger partial charge in [-0.25, -0.2) is 0 Å². The van der Waals surface area contributed by atoms with Crippen molar-refractivity contribution < 1.29 is 4.79 Å². The topological polar surface area (TPSA) is 20.3 Å². The van der Waals surface area contributed by atoms with Crippen LogP contribution < -0.4 is 0 Å². The Balaban J connectivity index is 1.95. The Kier molecular flexibility index (Phi) is 3.68. The van der Waals surface area contributed by atoms with E-state index in [-0.39, 0.29) is 5.41 Å². The fourth-order valence-corrected chi connectivity index (χ4v) is 3.49. The molecule has 0 radical (unpaired) electrons. The lowest BCUT2D eigenvalue weighted by atomic mass is 9.85. The lowest BCUT2D eigenvalue weighted by Crippen LogP contribution is -2.46. The van der Waals surface area contributed by atoms with Gasteiger partial charge in [-0.1, -0.05) is 19.8 Å². The van der Waals surface area contributed by atoms with Crippen LogP contribution in [0.4, 0.5) is 0 Å². The van der Waals surface area contributed by atoms with E-state index in [0.29, 0.717) is 6.04 Å². The van der Waals surface area contributed by atoms with Crippen LogP contribution in [0, 0.1) is 11.3 Å². The molecule has 2 nitrogen and oxygen atoms in total. The second-order valence-electron chi connectivity index (χ2n) is 6.14. The molecule has 2 fully saturated rings. The molecule has 2 unspecified atom stereocenters. The van der Waals surface area contributed by atoms with Gasteiger partial charge in [-0.15, -0.1) is 0 Å². The highest BCUT2D eigenvalue weighted by atomic mass is 16.1. The van der Waals surface area contributed by atoms with E-state index in [1.165, 1.54) is 38.5 Å². The molecule has 2 heteroatoms. The summed E-state index contributed by atoms with van der Waals surface area (Å²) < 4.78 is 0. The van der Waals surface area contributed by atoms with E-state index in [4.69, 9.17) is 0 Å². The Hall–Kier alpha value is -0.370. The third-order valence-corrected chi connectivity index (χ3v) is 4.64. The second-order valence-corrected chi connectivity index (χ2v) is 6.14. The van der Waals surface area contributed by atoms with E-state index in [1.54, 1.807) is 0 Å². The smallest absolute Gasteiger partial charge is 0.127 e. The largest absolute Gasteiger partial charge is 0.303 e. The van der Waals surface area contributed by atoms with Gasteiger partial charge in [0.25, 0.3) is 0 Å². The molecule has 1 saturated carbocycles. The van der Waals surface area contributed by atoms with Crippen LogP contribution in [0.3, 0.4) is 0 Å². The van der Waals surface area contributed by atoms with Gasteiger partial charge in [0.15, 0.2) is 0 Å². The maximum atomic E-state index is 11.3. The average Bonchev–Trinajstić information content (AvgIpc) is 2.72. The molecule has 2 rings (SSSR count). The fourth-order valence-electron chi connectivity index (χ4n) is 3.49. The summed E-state index contributed by atoms with van der Waals surface area (Å²) >= 11 is 0. The van der Waals surface area contributed by atoms with Crippen LogP contribution in [0.2, 0.25) is 0 Å². The molecule has 0 spiro atoms. The first-order chi connectivity index (χ1) is 7.65. The van der Waals surface area contributed by atoms with Gasteiger partial charge in [0, 0.05) is 18.0 Å². The molecule has 0 aromatic rings. The SMILES string of the molecule is CC1CCN(CC2(C=O)CCCC2)C(C)C1. The Labute approximate surface area is 99.4 Å². The number of nitrogens with zero attached hydrogens (tertiary/aromatic N) is 1. The van der Waals surface area contributed by atoms with Crippen molar-refractivity contribution in [1.29, 1.82) is 0 Å². The highest BCUT2D eigenvalue weighted by Gasteiger charge is 2.37. The summed E-state index contributed by atoms with van der Waals surface area (Å²) in [4.78, 5) is 13.9. The molecule has 0 N–H and O–H groups in total. The predicted octanol–water partition coefficient (Wildman–Crippen LogP) is 2.87. The molecule has 1 aliphatic carbocycles. The van der Waals surface area contributed by atoms with Crippen LogP contribution in [0.5, 0.6) is 0 Å². The second kappa shape index (κ2) is 4.87. The first kappa shape index (κ1) is 12.1.